The van der Waals surface area contributed by atoms with Gasteiger partial charge in [-0.2, -0.15) is 0 Å². The van der Waals surface area contributed by atoms with E-state index in [2.05, 4.69) is 20.4 Å². The average molecular weight is 296 g/mol. The number of rotatable bonds is 6. The molecule has 1 N–H and O–H groups in total. The van der Waals surface area contributed by atoms with E-state index in [4.69, 9.17) is 0 Å². The zero-order chi connectivity index (χ0) is 13.7. The first kappa shape index (κ1) is 14.2. The lowest BCUT2D eigenvalue weighted by Crippen LogP contribution is -2.11. The molecule has 0 saturated carbocycles. The summed E-state index contributed by atoms with van der Waals surface area (Å²) in [5.74, 6) is -0.195. The van der Waals surface area contributed by atoms with Crippen molar-refractivity contribution in [3.05, 3.63) is 38.0 Å². The predicted molar refractivity (Wildman–Crippen MR) is 77.4 cm³/mol. The van der Waals surface area contributed by atoms with E-state index in [9.17, 15) is 4.79 Å². The minimum atomic E-state index is -0.195. The van der Waals surface area contributed by atoms with Crippen LogP contribution in [0.25, 0.3) is 0 Å². The van der Waals surface area contributed by atoms with Crippen LogP contribution in [0.2, 0.25) is 0 Å². The summed E-state index contributed by atoms with van der Waals surface area (Å²) in [6.45, 7) is 3.57. The lowest BCUT2D eigenvalue weighted by molar-refractivity contribution is -0.139. The number of carbonyl (C=O) groups is 1. The monoisotopic (exact) mass is 296 g/mol. The van der Waals surface area contributed by atoms with Crippen LogP contribution in [0.4, 0.5) is 0 Å². The van der Waals surface area contributed by atoms with Crippen LogP contribution in [0, 0.1) is 6.92 Å². The van der Waals surface area contributed by atoms with Crippen molar-refractivity contribution in [2.45, 2.75) is 26.4 Å². The highest BCUT2D eigenvalue weighted by molar-refractivity contribution is 7.12. The number of thiophene rings is 1. The summed E-state index contributed by atoms with van der Waals surface area (Å²) >= 11 is 3.30. The van der Waals surface area contributed by atoms with E-state index in [1.54, 1.807) is 22.7 Å². The van der Waals surface area contributed by atoms with E-state index >= 15 is 0 Å². The minimum Gasteiger partial charge on any atom is -0.469 e. The number of carbonyl (C=O) groups excluding carboxylic acids is 1. The van der Waals surface area contributed by atoms with Gasteiger partial charge in [-0.3, -0.25) is 4.79 Å². The molecule has 0 unspecified atom stereocenters. The summed E-state index contributed by atoms with van der Waals surface area (Å²) in [4.78, 5) is 17.8. The van der Waals surface area contributed by atoms with Gasteiger partial charge >= 0.3 is 5.97 Å². The molecule has 0 aliphatic carbocycles. The van der Waals surface area contributed by atoms with E-state index in [1.165, 1.54) is 12.0 Å². The van der Waals surface area contributed by atoms with Crippen molar-refractivity contribution >= 4 is 28.6 Å². The fourth-order valence-corrected chi connectivity index (χ4v) is 3.22. The molecule has 19 heavy (non-hydrogen) atoms. The molecule has 0 bridgehead atoms. The maximum absolute atomic E-state index is 11.2. The summed E-state index contributed by atoms with van der Waals surface area (Å²) < 4.78 is 4.65. The van der Waals surface area contributed by atoms with E-state index in [0.29, 0.717) is 6.42 Å². The number of ether oxygens (including phenoxy) is 1. The number of thiazole rings is 1. The second-order valence-electron chi connectivity index (χ2n) is 4.08. The molecule has 2 aromatic rings. The Kier molecular flexibility index (Phi) is 5.07. The standard InChI is InChI=1S/C13H16N2O2S2/c1-9-15-10(8-18-9)6-14-7-12-4-3-11(19-12)5-13(16)17-2/h3-4,8,14H,5-7H2,1-2H3. The van der Waals surface area contributed by atoms with Crippen LogP contribution in [-0.4, -0.2) is 18.1 Å². The topological polar surface area (TPSA) is 51.2 Å². The molecule has 0 spiro atoms. The second kappa shape index (κ2) is 6.79. The number of nitrogens with one attached hydrogen (secondary N) is 1. The third kappa shape index (κ3) is 4.41. The lowest BCUT2D eigenvalue weighted by Gasteiger charge is -1.99. The van der Waals surface area contributed by atoms with Crippen LogP contribution in [0.3, 0.4) is 0 Å². The van der Waals surface area contributed by atoms with Gasteiger partial charge in [0.2, 0.25) is 0 Å². The number of nitrogens with zero attached hydrogens (tertiary/aromatic N) is 1. The van der Waals surface area contributed by atoms with Crippen molar-refractivity contribution < 1.29 is 9.53 Å². The zero-order valence-electron chi connectivity index (χ0n) is 10.9. The number of esters is 1. The Hall–Kier alpha value is -1.24. The van der Waals surface area contributed by atoms with Crippen LogP contribution in [0.1, 0.15) is 20.5 Å². The quantitative estimate of drug-likeness (QED) is 0.832. The summed E-state index contributed by atoms with van der Waals surface area (Å²) in [5, 5.41) is 6.51. The van der Waals surface area contributed by atoms with Gasteiger partial charge in [0.05, 0.1) is 24.2 Å². The highest BCUT2D eigenvalue weighted by atomic mass is 32.1. The average Bonchev–Trinajstić information content (AvgIpc) is 2.99. The molecular formula is C13H16N2O2S2. The molecule has 0 aromatic carbocycles. The highest BCUT2D eigenvalue weighted by Gasteiger charge is 2.06. The summed E-state index contributed by atoms with van der Waals surface area (Å²) in [7, 11) is 1.41. The highest BCUT2D eigenvalue weighted by Crippen LogP contribution is 2.17. The van der Waals surface area contributed by atoms with Crippen LogP contribution >= 0.6 is 22.7 Å². The van der Waals surface area contributed by atoms with Crippen molar-refractivity contribution in [1.29, 1.82) is 0 Å². The van der Waals surface area contributed by atoms with E-state index in [1.807, 2.05) is 19.1 Å². The number of aromatic nitrogens is 1. The molecule has 2 aromatic heterocycles. The first-order valence-corrected chi connectivity index (χ1v) is 7.63. The largest absolute Gasteiger partial charge is 0.469 e. The van der Waals surface area contributed by atoms with Gasteiger partial charge in [-0.05, 0) is 19.1 Å². The van der Waals surface area contributed by atoms with Crippen molar-refractivity contribution in [3.63, 3.8) is 0 Å². The number of methoxy groups -OCH3 is 1. The van der Waals surface area contributed by atoms with Crippen LogP contribution in [-0.2, 0) is 29.0 Å². The Bertz CT molecular complexity index is 548. The summed E-state index contributed by atoms with van der Waals surface area (Å²) in [5.41, 5.74) is 1.08. The molecule has 0 saturated heterocycles. The van der Waals surface area contributed by atoms with Gasteiger partial charge in [0.15, 0.2) is 0 Å². The van der Waals surface area contributed by atoms with Crippen molar-refractivity contribution in [2.24, 2.45) is 0 Å². The van der Waals surface area contributed by atoms with Gasteiger partial charge in [0.25, 0.3) is 0 Å². The molecule has 0 fully saturated rings. The Morgan fingerprint density at radius 2 is 2.16 bits per heavy atom. The van der Waals surface area contributed by atoms with Gasteiger partial charge < -0.3 is 10.1 Å². The summed E-state index contributed by atoms with van der Waals surface area (Å²) in [6.07, 6.45) is 0.354. The maximum Gasteiger partial charge on any atom is 0.310 e. The maximum atomic E-state index is 11.2. The smallest absolute Gasteiger partial charge is 0.310 e. The van der Waals surface area contributed by atoms with Crippen molar-refractivity contribution in [2.75, 3.05) is 7.11 Å². The van der Waals surface area contributed by atoms with Gasteiger partial charge in [-0.1, -0.05) is 0 Å². The molecule has 0 amide bonds. The number of hydrogen-bond acceptors (Lipinski definition) is 6. The third-order valence-corrected chi connectivity index (χ3v) is 4.44. The molecular weight excluding hydrogens is 280 g/mol. The molecule has 0 aliphatic rings. The van der Waals surface area contributed by atoms with Crippen molar-refractivity contribution in [3.8, 4) is 0 Å². The Morgan fingerprint density at radius 1 is 1.37 bits per heavy atom. The lowest BCUT2D eigenvalue weighted by atomic mass is 10.3. The van der Waals surface area contributed by atoms with Gasteiger partial charge in [0.1, 0.15) is 0 Å². The van der Waals surface area contributed by atoms with Crippen LogP contribution in [0.15, 0.2) is 17.5 Å². The second-order valence-corrected chi connectivity index (χ2v) is 6.40. The predicted octanol–water partition coefficient (Wildman–Crippen LogP) is 2.52. The fraction of sp³-hybridized carbons (Fsp3) is 0.385. The van der Waals surface area contributed by atoms with Crippen LogP contribution in [0.5, 0.6) is 0 Å². The molecule has 0 aliphatic heterocycles. The van der Waals surface area contributed by atoms with E-state index in [0.717, 1.165) is 28.7 Å². The van der Waals surface area contributed by atoms with Gasteiger partial charge in [0, 0.05) is 28.2 Å². The first-order valence-electron chi connectivity index (χ1n) is 5.93. The molecule has 6 heteroatoms. The Morgan fingerprint density at radius 3 is 2.84 bits per heavy atom. The summed E-state index contributed by atoms with van der Waals surface area (Å²) in [6, 6.07) is 4.02. The Labute approximate surface area is 120 Å². The fourth-order valence-electron chi connectivity index (χ4n) is 1.63. The third-order valence-electron chi connectivity index (χ3n) is 2.54. The SMILES string of the molecule is COC(=O)Cc1ccc(CNCc2csc(C)n2)s1. The van der Waals surface area contributed by atoms with E-state index in [-0.39, 0.29) is 5.97 Å². The number of aryl methyl sites for hydroxylation is 1. The Balaban J connectivity index is 1.78. The molecule has 0 radical (unpaired) electrons. The van der Waals surface area contributed by atoms with Crippen molar-refractivity contribution in [1.82, 2.24) is 10.3 Å². The van der Waals surface area contributed by atoms with Gasteiger partial charge in [-0.25, -0.2) is 4.98 Å². The normalized spacial score (nSPS) is 10.6. The molecule has 2 rings (SSSR count). The van der Waals surface area contributed by atoms with Crippen LogP contribution < -0.4 is 5.32 Å². The molecule has 0 atom stereocenters. The van der Waals surface area contributed by atoms with E-state index < -0.39 is 0 Å². The minimum absolute atomic E-state index is 0.195. The van der Waals surface area contributed by atoms with Gasteiger partial charge in [-0.15, -0.1) is 22.7 Å². The molecule has 102 valence electrons. The zero-order valence-corrected chi connectivity index (χ0v) is 12.6. The molecule has 2 heterocycles. The number of hydrogen-bond donors (Lipinski definition) is 1. The first-order chi connectivity index (χ1) is 9.17. The molecule has 4 nitrogen and oxygen atoms in total.